The smallest absolute Gasteiger partial charge is 0.232 e. The number of hydrogen-bond donors (Lipinski definition) is 1. The van der Waals surface area contributed by atoms with Gasteiger partial charge in [0.2, 0.25) is 5.89 Å². The molecule has 0 aliphatic heterocycles. The minimum absolute atomic E-state index is 0. The molecular formula is C16H18Cl2N4OS. The molecule has 1 unspecified atom stereocenters. The summed E-state index contributed by atoms with van der Waals surface area (Å²) in [6, 6.07) is 7.98. The molecule has 24 heavy (non-hydrogen) atoms. The largest absolute Gasteiger partial charge is 0.339 e. The monoisotopic (exact) mass is 384 g/mol. The van der Waals surface area contributed by atoms with E-state index in [1.807, 2.05) is 36.7 Å². The summed E-state index contributed by atoms with van der Waals surface area (Å²) in [4.78, 5) is 9.04. The third-order valence-corrected chi connectivity index (χ3v) is 4.66. The van der Waals surface area contributed by atoms with E-state index in [2.05, 4.69) is 27.4 Å². The van der Waals surface area contributed by atoms with Crippen LogP contribution in [-0.4, -0.2) is 28.2 Å². The van der Waals surface area contributed by atoms with Gasteiger partial charge in [0.25, 0.3) is 0 Å². The zero-order valence-corrected chi connectivity index (χ0v) is 15.7. The van der Waals surface area contributed by atoms with Crippen LogP contribution in [0.1, 0.15) is 24.3 Å². The number of thiazole rings is 1. The topological polar surface area (TPSA) is 63.8 Å². The molecule has 0 fully saturated rings. The average molecular weight is 385 g/mol. The van der Waals surface area contributed by atoms with Crippen LogP contribution in [0.3, 0.4) is 0 Å². The summed E-state index contributed by atoms with van der Waals surface area (Å²) in [5, 5.41) is 10.9. The van der Waals surface area contributed by atoms with Gasteiger partial charge in [0, 0.05) is 28.4 Å². The van der Waals surface area contributed by atoms with E-state index in [0.717, 1.165) is 33.5 Å². The van der Waals surface area contributed by atoms with E-state index in [0.29, 0.717) is 18.4 Å². The van der Waals surface area contributed by atoms with Crippen LogP contribution in [0.2, 0.25) is 5.02 Å². The predicted octanol–water partition coefficient (Wildman–Crippen LogP) is 4.01. The van der Waals surface area contributed by atoms with Crippen LogP contribution < -0.4 is 5.32 Å². The quantitative estimate of drug-likeness (QED) is 0.695. The number of aromatic nitrogens is 3. The summed E-state index contributed by atoms with van der Waals surface area (Å²) in [7, 11) is 1.92. The van der Waals surface area contributed by atoms with Gasteiger partial charge in [-0.3, -0.25) is 0 Å². The zero-order chi connectivity index (χ0) is 16.2. The fourth-order valence-corrected chi connectivity index (χ4v) is 3.04. The third-order valence-electron chi connectivity index (χ3n) is 3.47. The Morgan fingerprint density at radius 2 is 2.00 bits per heavy atom. The molecule has 3 rings (SSSR count). The molecule has 8 heteroatoms. The lowest BCUT2D eigenvalue weighted by Crippen LogP contribution is -2.24. The molecule has 2 aromatic heterocycles. The van der Waals surface area contributed by atoms with Crippen LogP contribution in [0.25, 0.3) is 10.6 Å². The van der Waals surface area contributed by atoms with Crippen molar-refractivity contribution in [2.24, 2.45) is 0 Å². The van der Waals surface area contributed by atoms with Crippen molar-refractivity contribution >= 4 is 35.3 Å². The van der Waals surface area contributed by atoms with Gasteiger partial charge in [-0.15, -0.1) is 23.7 Å². The number of rotatable bonds is 6. The second kappa shape index (κ2) is 8.58. The fourth-order valence-electron chi connectivity index (χ4n) is 2.09. The van der Waals surface area contributed by atoms with Crippen molar-refractivity contribution in [3.8, 4) is 10.6 Å². The SMILES string of the molecule is CNC(C)Cc1noc(Cc2csc(-c3ccc(Cl)cc3)n2)n1.Cl. The van der Waals surface area contributed by atoms with Gasteiger partial charge in [-0.25, -0.2) is 4.98 Å². The highest BCUT2D eigenvalue weighted by atomic mass is 35.5. The van der Waals surface area contributed by atoms with Gasteiger partial charge >= 0.3 is 0 Å². The number of likely N-dealkylation sites (N-methyl/N-ethyl adjacent to an activating group) is 1. The van der Waals surface area contributed by atoms with Gasteiger partial charge in [-0.1, -0.05) is 28.9 Å². The Labute approximate surface area is 155 Å². The predicted molar refractivity (Wildman–Crippen MR) is 99.1 cm³/mol. The van der Waals surface area contributed by atoms with E-state index in [4.69, 9.17) is 16.1 Å². The third kappa shape index (κ3) is 4.77. The molecule has 0 amide bonds. The average Bonchev–Trinajstić information content (AvgIpc) is 3.18. The summed E-state index contributed by atoms with van der Waals surface area (Å²) in [5.74, 6) is 1.31. The molecule has 0 aliphatic rings. The van der Waals surface area contributed by atoms with Crippen molar-refractivity contribution in [2.45, 2.75) is 25.8 Å². The Morgan fingerprint density at radius 1 is 1.25 bits per heavy atom. The summed E-state index contributed by atoms with van der Waals surface area (Å²) in [5.41, 5.74) is 1.98. The minimum Gasteiger partial charge on any atom is -0.339 e. The molecule has 3 aromatic rings. The standard InChI is InChI=1S/C16H17ClN4OS.ClH/c1-10(18-2)7-14-20-15(22-21-14)8-13-9-23-16(19-13)11-3-5-12(17)6-4-11;/h3-6,9-10,18H,7-8H2,1-2H3;1H. The van der Waals surface area contributed by atoms with Gasteiger partial charge in [-0.2, -0.15) is 4.98 Å². The number of benzene rings is 1. The summed E-state index contributed by atoms with van der Waals surface area (Å²) in [6.45, 7) is 2.08. The second-order valence-electron chi connectivity index (χ2n) is 5.33. The molecule has 2 heterocycles. The number of nitrogens with zero attached hydrogens (tertiary/aromatic N) is 3. The molecular weight excluding hydrogens is 367 g/mol. The maximum Gasteiger partial charge on any atom is 0.232 e. The van der Waals surface area contributed by atoms with E-state index in [1.54, 1.807) is 11.3 Å². The summed E-state index contributed by atoms with van der Waals surface area (Å²) < 4.78 is 5.30. The van der Waals surface area contributed by atoms with Crippen molar-refractivity contribution in [1.82, 2.24) is 20.4 Å². The van der Waals surface area contributed by atoms with Crippen LogP contribution in [0.15, 0.2) is 34.2 Å². The Hall–Kier alpha value is -1.47. The number of nitrogens with one attached hydrogen (secondary N) is 1. The van der Waals surface area contributed by atoms with E-state index >= 15 is 0 Å². The van der Waals surface area contributed by atoms with Crippen LogP contribution in [0, 0.1) is 0 Å². The van der Waals surface area contributed by atoms with Crippen molar-refractivity contribution < 1.29 is 4.52 Å². The molecule has 1 N–H and O–H groups in total. The first kappa shape index (κ1) is 18.9. The summed E-state index contributed by atoms with van der Waals surface area (Å²) >= 11 is 7.51. The van der Waals surface area contributed by atoms with Gasteiger partial charge in [0.15, 0.2) is 5.82 Å². The second-order valence-corrected chi connectivity index (χ2v) is 6.62. The molecule has 1 atom stereocenters. The van der Waals surface area contributed by atoms with E-state index in [9.17, 15) is 0 Å². The molecule has 5 nitrogen and oxygen atoms in total. The Balaban J connectivity index is 0.00000208. The van der Waals surface area contributed by atoms with Crippen molar-refractivity contribution in [3.05, 3.63) is 52.1 Å². The highest BCUT2D eigenvalue weighted by molar-refractivity contribution is 7.13. The summed E-state index contributed by atoms with van der Waals surface area (Å²) in [6.07, 6.45) is 1.29. The Kier molecular flexibility index (Phi) is 6.74. The van der Waals surface area contributed by atoms with E-state index < -0.39 is 0 Å². The van der Waals surface area contributed by atoms with Crippen LogP contribution in [0.5, 0.6) is 0 Å². The lowest BCUT2D eigenvalue weighted by atomic mass is 10.2. The fraction of sp³-hybridized carbons (Fsp3) is 0.312. The van der Waals surface area contributed by atoms with Gasteiger partial charge in [0.05, 0.1) is 12.1 Å². The van der Waals surface area contributed by atoms with Crippen molar-refractivity contribution in [3.63, 3.8) is 0 Å². The highest BCUT2D eigenvalue weighted by Gasteiger charge is 2.12. The molecule has 0 radical (unpaired) electrons. The number of halogens is 2. The normalized spacial score (nSPS) is 12.0. The first-order chi connectivity index (χ1) is 11.1. The maximum atomic E-state index is 5.91. The molecule has 0 saturated heterocycles. The first-order valence-electron chi connectivity index (χ1n) is 7.33. The zero-order valence-electron chi connectivity index (χ0n) is 13.3. The van der Waals surface area contributed by atoms with Gasteiger partial charge in [-0.05, 0) is 26.1 Å². The lowest BCUT2D eigenvalue weighted by Gasteiger charge is -2.04. The van der Waals surface area contributed by atoms with Crippen molar-refractivity contribution in [2.75, 3.05) is 7.05 Å². The van der Waals surface area contributed by atoms with E-state index in [1.165, 1.54) is 0 Å². The molecule has 128 valence electrons. The molecule has 0 saturated carbocycles. The maximum absolute atomic E-state index is 5.91. The Morgan fingerprint density at radius 3 is 2.71 bits per heavy atom. The van der Waals surface area contributed by atoms with E-state index in [-0.39, 0.29) is 12.4 Å². The molecule has 1 aromatic carbocycles. The van der Waals surface area contributed by atoms with Crippen LogP contribution >= 0.6 is 35.3 Å². The number of hydrogen-bond acceptors (Lipinski definition) is 6. The first-order valence-corrected chi connectivity index (χ1v) is 8.59. The Bertz CT molecular complexity index is 772. The lowest BCUT2D eigenvalue weighted by molar-refractivity contribution is 0.376. The van der Waals surface area contributed by atoms with Gasteiger partial charge < -0.3 is 9.84 Å². The van der Waals surface area contributed by atoms with Crippen LogP contribution in [-0.2, 0) is 12.8 Å². The molecule has 0 aliphatic carbocycles. The van der Waals surface area contributed by atoms with Crippen LogP contribution in [0.4, 0.5) is 0 Å². The highest BCUT2D eigenvalue weighted by Crippen LogP contribution is 2.25. The van der Waals surface area contributed by atoms with Gasteiger partial charge in [0.1, 0.15) is 5.01 Å². The molecule has 0 bridgehead atoms. The van der Waals surface area contributed by atoms with Crippen molar-refractivity contribution in [1.29, 1.82) is 0 Å². The molecule has 0 spiro atoms. The minimum atomic E-state index is 0.